The summed E-state index contributed by atoms with van der Waals surface area (Å²) >= 11 is 0. The van der Waals surface area contributed by atoms with Gasteiger partial charge in [-0.2, -0.15) is 0 Å². The van der Waals surface area contributed by atoms with Crippen LogP contribution in [-0.2, 0) is 16.4 Å². The SMILES string of the molecule is CCNC(=NCC(C)(C)NS(C)(=O)=O)NCCc1c[nH]c2cccc(C)c12. The summed E-state index contributed by atoms with van der Waals surface area (Å²) in [6.07, 6.45) is 4.08. The third kappa shape index (κ3) is 6.55. The molecular formula is C19H31N5O2S. The Morgan fingerprint density at radius 2 is 2.00 bits per heavy atom. The lowest BCUT2D eigenvalue weighted by molar-refractivity contribution is 0.464. The highest BCUT2D eigenvalue weighted by atomic mass is 32.2. The monoisotopic (exact) mass is 393 g/mol. The smallest absolute Gasteiger partial charge is 0.209 e. The van der Waals surface area contributed by atoms with Crippen LogP contribution in [0.4, 0.5) is 0 Å². The van der Waals surface area contributed by atoms with Crippen molar-refractivity contribution in [3.63, 3.8) is 0 Å². The molecule has 1 aromatic heterocycles. The number of aryl methyl sites for hydroxylation is 1. The van der Waals surface area contributed by atoms with E-state index in [1.807, 2.05) is 20.8 Å². The summed E-state index contributed by atoms with van der Waals surface area (Å²) in [6.45, 7) is 9.55. The van der Waals surface area contributed by atoms with Crippen LogP contribution in [-0.4, -0.2) is 50.8 Å². The molecule has 1 heterocycles. The molecule has 0 saturated heterocycles. The number of aromatic nitrogens is 1. The predicted octanol–water partition coefficient (Wildman–Crippen LogP) is 1.90. The van der Waals surface area contributed by atoms with Gasteiger partial charge in [0.1, 0.15) is 0 Å². The zero-order chi connectivity index (χ0) is 20.1. The largest absolute Gasteiger partial charge is 0.361 e. The maximum Gasteiger partial charge on any atom is 0.209 e. The third-order valence-corrected chi connectivity index (χ3v) is 5.04. The summed E-state index contributed by atoms with van der Waals surface area (Å²) in [5, 5.41) is 7.80. The Hall–Kier alpha value is -2.06. The second kappa shape index (κ2) is 8.75. The summed E-state index contributed by atoms with van der Waals surface area (Å²) in [4.78, 5) is 7.85. The first-order valence-electron chi connectivity index (χ1n) is 9.18. The van der Waals surface area contributed by atoms with Crippen LogP contribution in [0.15, 0.2) is 29.4 Å². The molecule has 0 aliphatic rings. The molecule has 27 heavy (non-hydrogen) atoms. The van der Waals surface area contributed by atoms with Gasteiger partial charge in [0.25, 0.3) is 0 Å². The van der Waals surface area contributed by atoms with Crippen molar-refractivity contribution in [3.05, 3.63) is 35.5 Å². The van der Waals surface area contributed by atoms with Gasteiger partial charge in [-0.1, -0.05) is 12.1 Å². The molecule has 8 heteroatoms. The fourth-order valence-corrected chi connectivity index (χ4v) is 4.18. The number of rotatable bonds is 8. The number of aliphatic imine (C=N–C) groups is 1. The highest BCUT2D eigenvalue weighted by molar-refractivity contribution is 7.88. The summed E-state index contributed by atoms with van der Waals surface area (Å²) in [7, 11) is -3.28. The van der Waals surface area contributed by atoms with Crippen molar-refractivity contribution < 1.29 is 8.42 Å². The van der Waals surface area contributed by atoms with Crippen LogP contribution in [0.1, 0.15) is 31.9 Å². The number of fused-ring (bicyclic) bond motifs is 1. The molecule has 7 nitrogen and oxygen atoms in total. The van der Waals surface area contributed by atoms with E-state index in [4.69, 9.17) is 0 Å². The number of hydrogen-bond acceptors (Lipinski definition) is 3. The molecule has 4 N–H and O–H groups in total. The van der Waals surface area contributed by atoms with Gasteiger partial charge in [0.2, 0.25) is 10.0 Å². The molecule has 0 aliphatic carbocycles. The maximum atomic E-state index is 11.5. The summed E-state index contributed by atoms with van der Waals surface area (Å²) in [6, 6.07) is 6.26. The zero-order valence-electron chi connectivity index (χ0n) is 16.8. The van der Waals surface area contributed by atoms with Gasteiger partial charge in [0.05, 0.1) is 12.8 Å². The molecule has 1 aromatic carbocycles. The third-order valence-electron chi connectivity index (χ3n) is 4.12. The van der Waals surface area contributed by atoms with Gasteiger partial charge in [-0.3, -0.25) is 4.99 Å². The summed E-state index contributed by atoms with van der Waals surface area (Å²) in [5.41, 5.74) is 3.03. The minimum atomic E-state index is -3.28. The lowest BCUT2D eigenvalue weighted by atomic mass is 10.1. The molecule has 150 valence electrons. The van der Waals surface area contributed by atoms with E-state index in [2.05, 4.69) is 56.7 Å². The fourth-order valence-electron chi connectivity index (χ4n) is 3.12. The van der Waals surface area contributed by atoms with E-state index in [0.29, 0.717) is 12.5 Å². The Bertz CT molecular complexity index is 900. The van der Waals surface area contributed by atoms with E-state index in [0.717, 1.165) is 31.3 Å². The average molecular weight is 394 g/mol. The first kappa shape index (κ1) is 21.2. The standard InChI is InChI=1S/C19H31N5O2S/c1-6-20-18(23-13-19(3,4)24-27(5,25)26)21-11-10-15-12-22-16-9-7-8-14(2)17(15)16/h7-9,12,22,24H,6,10-11,13H2,1-5H3,(H2,20,21,23). The van der Waals surface area contributed by atoms with E-state index in [-0.39, 0.29) is 0 Å². The van der Waals surface area contributed by atoms with Crippen molar-refractivity contribution in [2.45, 2.75) is 39.7 Å². The normalized spacial score (nSPS) is 13.1. The lowest BCUT2D eigenvalue weighted by Crippen LogP contribution is -2.47. The highest BCUT2D eigenvalue weighted by Gasteiger charge is 2.21. The Morgan fingerprint density at radius 1 is 1.26 bits per heavy atom. The molecule has 0 fully saturated rings. The van der Waals surface area contributed by atoms with Crippen LogP contribution >= 0.6 is 0 Å². The number of sulfonamides is 1. The fraction of sp³-hybridized carbons (Fsp3) is 0.526. The Balaban J connectivity index is 1.99. The van der Waals surface area contributed by atoms with Crippen LogP contribution in [0.5, 0.6) is 0 Å². The van der Waals surface area contributed by atoms with Crippen molar-refractivity contribution in [2.75, 3.05) is 25.9 Å². The van der Waals surface area contributed by atoms with Crippen molar-refractivity contribution in [3.8, 4) is 0 Å². The van der Waals surface area contributed by atoms with Crippen molar-refractivity contribution in [1.29, 1.82) is 0 Å². The number of nitrogens with zero attached hydrogens (tertiary/aromatic N) is 1. The molecule has 0 atom stereocenters. The minimum Gasteiger partial charge on any atom is -0.361 e. The molecule has 2 rings (SSSR count). The van der Waals surface area contributed by atoms with Gasteiger partial charge in [-0.25, -0.2) is 13.1 Å². The Labute approximate surface area is 162 Å². The van der Waals surface area contributed by atoms with E-state index in [1.54, 1.807) is 0 Å². The number of guanidine groups is 1. The predicted molar refractivity (Wildman–Crippen MR) is 113 cm³/mol. The zero-order valence-corrected chi connectivity index (χ0v) is 17.6. The molecule has 0 spiro atoms. The number of nitrogens with one attached hydrogen (secondary N) is 4. The molecule has 0 bridgehead atoms. The summed E-state index contributed by atoms with van der Waals surface area (Å²) in [5.74, 6) is 0.678. The minimum absolute atomic E-state index is 0.335. The van der Waals surface area contributed by atoms with Crippen LogP contribution in [0.3, 0.4) is 0 Å². The Morgan fingerprint density at radius 3 is 2.67 bits per heavy atom. The van der Waals surface area contributed by atoms with Gasteiger partial charge in [-0.15, -0.1) is 0 Å². The first-order valence-corrected chi connectivity index (χ1v) is 11.1. The summed E-state index contributed by atoms with van der Waals surface area (Å²) < 4.78 is 25.5. The molecule has 0 saturated carbocycles. The lowest BCUT2D eigenvalue weighted by Gasteiger charge is -2.23. The van der Waals surface area contributed by atoms with E-state index in [9.17, 15) is 8.42 Å². The quantitative estimate of drug-likeness (QED) is 0.407. The van der Waals surface area contributed by atoms with E-state index in [1.165, 1.54) is 16.5 Å². The average Bonchev–Trinajstić information content (AvgIpc) is 2.95. The molecular weight excluding hydrogens is 362 g/mol. The number of H-pyrrole nitrogens is 1. The van der Waals surface area contributed by atoms with E-state index < -0.39 is 15.6 Å². The van der Waals surface area contributed by atoms with Crippen LogP contribution < -0.4 is 15.4 Å². The van der Waals surface area contributed by atoms with Crippen molar-refractivity contribution in [2.24, 2.45) is 4.99 Å². The number of aromatic amines is 1. The van der Waals surface area contributed by atoms with E-state index >= 15 is 0 Å². The molecule has 0 radical (unpaired) electrons. The van der Waals surface area contributed by atoms with Gasteiger partial charge in [0, 0.05) is 35.7 Å². The van der Waals surface area contributed by atoms with Gasteiger partial charge < -0.3 is 15.6 Å². The Kier molecular flexibility index (Phi) is 6.89. The van der Waals surface area contributed by atoms with Gasteiger partial charge in [-0.05, 0) is 51.3 Å². The van der Waals surface area contributed by atoms with Gasteiger partial charge in [0.15, 0.2) is 5.96 Å². The molecule has 0 amide bonds. The van der Waals surface area contributed by atoms with Crippen LogP contribution in [0, 0.1) is 6.92 Å². The molecule has 2 aromatic rings. The van der Waals surface area contributed by atoms with Crippen LogP contribution in [0.2, 0.25) is 0 Å². The topological polar surface area (TPSA) is 98.4 Å². The first-order chi connectivity index (χ1) is 12.6. The van der Waals surface area contributed by atoms with Crippen molar-refractivity contribution >= 4 is 26.9 Å². The van der Waals surface area contributed by atoms with Crippen molar-refractivity contribution in [1.82, 2.24) is 20.3 Å². The molecule has 0 aliphatic heterocycles. The molecule has 0 unspecified atom stereocenters. The number of benzene rings is 1. The second-order valence-corrected chi connectivity index (χ2v) is 9.19. The maximum absolute atomic E-state index is 11.5. The number of hydrogen-bond donors (Lipinski definition) is 4. The van der Waals surface area contributed by atoms with Crippen LogP contribution in [0.25, 0.3) is 10.9 Å². The highest BCUT2D eigenvalue weighted by Crippen LogP contribution is 2.22. The van der Waals surface area contributed by atoms with Gasteiger partial charge >= 0.3 is 0 Å². The second-order valence-electron chi connectivity index (χ2n) is 7.44.